The van der Waals surface area contributed by atoms with E-state index in [9.17, 15) is 13.2 Å². The third kappa shape index (κ3) is 2.97. The molecular weight excluding hydrogens is 287 g/mol. The minimum atomic E-state index is -1.46. The van der Waals surface area contributed by atoms with Crippen molar-refractivity contribution in [3.8, 4) is 0 Å². The second-order valence-electron chi connectivity index (χ2n) is 4.40. The molecule has 1 nitrogen and oxygen atoms in total. The Morgan fingerprint density at radius 2 is 1.75 bits per heavy atom. The molecule has 0 radical (unpaired) electrons. The average molecular weight is 300 g/mol. The largest absolute Gasteiger partial charge is 0.313 e. The third-order valence-electron chi connectivity index (χ3n) is 3.17. The number of rotatable bonds is 4. The van der Waals surface area contributed by atoms with E-state index in [-0.39, 0.29) is 5.56 Å². The number of benzene rings is 2. The van der Waals surface area contributed by atoms with Gasteiger partial charge in [-0.3, -0.25) is 0 Å². The summed E-state index contributed by atoms with van der Waals surface area (Å²) in [4.78, 5) is 0. The zero-order valence-electron chi connectivity index (χ0n) is 10.8. The molecule has 0 spiro atoms. The molecule has 1 unspecified atom stereocenters. The van der Waals surface area contributed by atoms with Crippen molar-refractivity contribution in [3.05, 3.63) is 70.0 Å². The second-order valence-corrected chi connectivity index (χ2v) is 4.81. The highest BCUT2D eigenvalue weighted by Gasteiger charge is 2.20. The van der Waals surface area contributed by atoms with Crippen molar-refractivity contribution in [3.63, 3.8) is 0 Å². The molecule has 0 aromatic heterocycles. The lowest BCUT2D eigenvalue weighted by Gasteiger charge is -2.18. The van der Waals surface area contributed by atoms with Gasteiger partial charge in [0.2, 0.25) is 0 Å². The minimum Gasteiger partial charge on any atom is -0.313 e. The van der Waals surface area contributed by atoms with Crippen molar-refractivity contribution < 1.29 is 13.2 Å². The quantitative estimate of drug-likeness (QED) is 0.832. The summed E-state index contributed by atoms with van der Waals surface area (Å²) < 4.78 is 40.1. The molecule has 0 aliphatic rings. The molecule has 0 heterocycles. The van der Waals surface area contributed by atoms with Crippen LogP contribution in [0.4, 0.5) is 13.2 Å². The lowest BCUT2D eigenvalue weighted by molar-refractivity contribution is 0.428. The summed E-state index contributed by atoms with van der Waals surface area (Å²) in [5.74, 6) is -3.82. The second kappa shape index (κ2) is 6.29. The van der Waals surface area contributed by atoms with Gasteiger partial charge in [-0.25, -0.2) is 13.2 Å². The van der Waals surface area contributed by atoms with E-state index in [0.29, 0.717) is 11.4 Å². The van der Waals surface area contributed by atoms with E-state index in [1.807, 2.05) is 12.1 Å². The van der Waals surface area contributed by atoms with Gasteiger partial charge >= 0.3 is 0 Å². The number of hydrogen-bond donors (Lipinski definition) is 1. The van der Waals surface area contributed by atoms with Gasteiger partial charge in [-0.1, -0.05) is 35.9 Å². The molecule has 5 heteroatoms. The normalized spacial score (nSPS) is 12.4. The number of likely N-dealkylation sites (N-methyl/N-ethyl adjacent to an activating group) is 1. The van der Waals surface area contributed by atoms with E-state index in [1.54, 1.807) is 19.2 Å². The van der Waals surface area contributed by atoms with Crippen molar-refractivity contribution in [2.75, 3.05) is 7.05 Å². The van der Waals surface area contributed by atoms with Gasteiger partial charge < -0.3 is 5.32 Å². The molecule has 0 saturated carbocycles. The SMILES string of the molecule is CNC(Cc1ccccc1Cl)c1ccc(F)c(F)c1F. The highest BCUT2D eigenvalue weighted by molar-refractivity contribution is 6.31. The van der Waals surface area contributed by atoms with Crippen LogP contribution in [0.5, 0.6) is 0 Å². The monoisotopic (exact) mass is 299 g/mol. The zero-order valence-corrected chi connectivity index (χ0v) is 11.5. The molecule has 2 aromatic carbocycles. The summed E-state index contributed by atoms with van der Waals surface area (Å²) in [5, 5.41) is 3.45. The average Bonchev–Trinajstić information content (AvgIpc) is 2.45. The maximum absolute atomic E-state index is 13.8. The van der Waals surface area contributed by atoms with Gasteiger partial charge in [0, 0.05) is 16.6 Å². The molecule has 0 aliphatic heterocycles. The fourth-order valence-electron chi connectivity index (χ4n) is 2.06. The van der Waals surface area contributed by atoms with E-state index in [4.69, 9.17) is 11.6 Å². The molecule has 0 fully saturated rings. The maximum atomic E-state index is 13.8. The summed E-state index contributed by atoms with van der Waals surface area (Å²) in [6.45, 7) is 0. The molecule has 0 saturated heterocycles. The first-order valence-corrected chi connectivity index (χ1v) is 6.46. The van der Waals surface area contributed by atoms with Crippen LogP contribution in [0.3, 0.4) is 0 Å². The zero-order chi connectivity index (χ0) is 14.7. The van der Waals surface area contributed by atoms with Crippen molar-refractivity contribution in [1.29, 1.82) is 0 Å². The predicted molar refractivity (Wildman–Crippen MR) is 73.3 cm³/mol. The summed E-state index contributed by atoms with van der Waals surface area (Å²) in [5.41, 5.74) is 0.879. The third-order valence-corrected chi connectivity index (χ3v) is 3.54. The highest BCUT2D eigenvalue weighted by atomic mass is 35.5. The Labute approximate surface area is 120 Å². The smallest absolute Gasteiger partial charge is 0.194 e. The molecule has 2 rings (SSSR count). The van der Waals surface area contributed by atoms with Crippen LogP contribution >= 0.6 is 11.6 Å². The van der Waals surface area contributed by atoms with Crippen molar-refractivity contribution in [2.24, 2.45) is 0 Å². The van der Waals surface area contributed by atoms with Crippen molar-refractivity contribution in [1.82, 2.24) is 5.32 Å². The van der Waals surface area contributed by atoms with Crippen LogP contribution in [0.15, 0.2) is 36.4 Å². The molecule has 1 N–H and O–H groups in total. The molecular formula is C15H13ClF3N. The maximum Gasteiger partial charge on any atom is 0.194 e. The highest BCUT2D eigenvalue weighted by Crippen LogP contribution is 2.26. The first kappa shape index (κ1) is 14.9. The van der Waals surface area contributed by atoms with E-state index in [2.05, 4.69) is 5.32 Å². The van der Waals surface area contributed by atoms with Crippen LogP contribution in [0.2, 0.25) is 5.02 Å². The Hall–Kier alpha value is -1.52. The summed E-state index contributed by atoms with van der Waals surface area (Å²) >= 11 is 6.05. The first-order chi connectivity index (χ1) is 9.54. The van der Waals surface area contributed by atoms with E-state index in [0.717, 1.165) is 11.6 Å². The Balaban J connectivity index is 2.34. The van der Waals surface area contributed by atoms with Gasteiger partial charge in [0.1, 0.15) is 0 Å². The standard InChI is InChI=1S/C15H13ClF3N/c1-20-13(8-9-4-2-3-5-11(9)16)10-6-7-12(17)15(19)14(10)18/h2-7,13,20H,8H2,1H3. The van der Waals surface area contributed by atoms with Gasteiger partial charge in [-0.15, -0.1) is 0 Å². The fourth-order valence-corrected chi connectivity index (χ4v) is 2.27. The lowest BCUT2D eigenvalue weighted by Crippen LogP contribution is -2.21. The minimum absolute atomic E-state index is 0.0753. The van der Waals surface area contributed by atoms with E-state index in [1.165, 1.54) is 6.07 Å². The van der Waals surface area contributed by atoms with E-state index < -0.39 is 23.5 Å². The number of nitrogens with one attached hydrogen (secondary N) is 1. The van der Waals surface area contributed by atoms with Gasteiger partial charge in [-0.05, 0) is 31.2 Å². The summed E-state index contributed by atoms with van der Waals surface area (Å²) in [7, 11) is 1.63. The Morgan fingerprint density at radius 1 is 1.05 bits per heavy atom. The van der Waals surface area contributed by atoms with Gasteiger partial charge in [0.05, 0.1) is 0 Å². The van der Waals surface area contributed by atoms with Gasteiger partial charge in [0.15, 0.2) is 17.5 Å². The van der Waals surface area contributed by atoms with Crippen LogP contribution in [0, 0.1) is 17.5 Å². The Morgan fingerprint density at radius 3 is 2.40 bits per heavy atom. The van der Waals surface area contributed by atoms with Crippen LogP contribution in [0.1, 0.15) is 17.2 Å². The number of hydrogen-bond acceptors (Lipinski definition) is 1. The predicted octanol–water partition coefficient (Wildman–Crippen LogP) is 4.26. The Bertz CT molecular complexity index is 616. The van der Waals surface area contributed by atoms with Crippen LogP contribution in [0.25, 0.3) is 0 Å². The van der Waals surface area contributed by atoms with Crippen molar-refractivity contribution >= 4 is 11.6 Å². The van der Waals surface area contributed by atoms with Crippen LogP contribution in [-0.4, -0.2) is 7.05 Å². The van der Waals surface area contributed by atoms with Crippen LogP contribution in [-0.2, 0) is 6.42 Å². The van der Waals surface area contributed by atoms with Crippen molar-refractivity contribution in [2.45, 2.75) is 12.5 Å². The topological polar surface area (TPSA) is 12.0 Å². The molecule has 106 valence electrons. The number of halogens is 4. The van der Waals surface area contributed by atoms with E-state index >= 15 is 0 Å². The summed E-state index contributed by atoms with van der Waals surface area (Å²) in [6.07, 6.45) is 0.373. The Kier molecular flexibility index (Phi) is 4.68. The molecule has 0 bridgehead atoms. The first-order valence-electron chi connectivity index (χ1n) is 6.08. The van der Waals surface area contributed by atoms with Gasteiger partial charge in [0.25, 0.3) is 0 Å². The lowest BCUT2D eigenvalue weighted by atomic mass is 9.98. The molecule has 20 heavy (non-hydrogen) atoms. The molecule has 1 atom stereocenters. The van der Waals surface area contributed by atoms with Gasteiger partial charge in [-0.2, -0.15) is 0 Å². The fraction of sp³-hybridized carbons (Fsp3) is 0.200. The van der Waals surface area contributed by atoms with Crippen LogP contribution < -0.4 is 5.32 Å². The molecule has 2 aromatic rings. The molecule has 0 aliphatic carbocycles. The molecule has 0 amide bonds. The summed E-state index contributed by atoms with van der Waals surface area (Å²) in [6, 6.07) is 8.81.